The summed E-state index contributed by atoms with van der Waals surface area (Å²) < 4.78 is 6.01. The molecule has 0 saturated heterocycles. The largest absolute Gasteiger partial charge is 0.478 e. The molecule has 0 atom stereocenters. The molecule has 4 rings (SSSR count). The Morgan fingerprint density at radius 2 is 1.83 bits per heavy atom. The fourth-order valence-electron chi connectivity index (χ4n) is 2.66. The van der Waals surface area contributed by atoms with Gasteiger partial charge in [0.05, 0.1) is 16.8 Å². The Bertz CT molecular complexity index is 1190. The van der Waals surface area contributed by atoms with Crippen molar-refractivity contribution in [2.24, 2.45) is 0 Å². The average Bonchev–Trinajstić information content (AvgIpc) is 3.22. The molecule has 2 aromatic heterocycles. The number of thiazole rings is 1. The Balaban J connectivity index is 1.62. The van der Waals surface area contributed by atoms with Crippen molar-refractivity contribution in [2.45, 2.75) is 0 Å². The zero-order valence-corrected chi connectivity index (χ0v) is 15.6. The number of fused-ring (bicyclic) bond motifs is 1. The Hall–Kier alpha value is -3.98. The number of aromatic carboxylic acids is 1. The first-order chi connectivity index (χ1) is 14.1. The summed E-state index contributed by atoms with van der Waals surface area (Å²) in [6.45, 7) is 0. The minimum atomic E-state index is -1.04. The first kappa shape index (κ1) is 18.4. The van der Waals surface area contributed by atoms with Gasteiger partial charge in [-0.2, -0.15) is 0 Å². The normalized spacial score (nSPS) is 10.5. The van der Waals surface area contributed by atoms with Gasteiger partial charge in [0.15, 0.2) is 10.9 Å². The van der Waals surface area contributed by atoms with Crippen LogP contribution < -0.4 is 15.4 Å². The highest BCUT2D eigenvalue weighted by Crippen LogP contribution is 2.33. The lowest BCUT2D eigenvalue weighted by Gasteiger charge is -2.13. The Labute approximate surface area is 168 Å². The van der Waals surface area contributed by atoms with E-state index in [1.165, 1.54) is 23.5 Å². The van der Waals surface area contributed by atoms with Crippen LogP contribution in [0.5, 0.6) is 11.5 Å². The van der Waals surface area contributed by atoms with Gasteiger partial charge in [0.1, 0.15) is 5.75 Å². The van der Waals surface area contributed by atoms with Crippen LogP contribution in [0.2, 0.25) is 0 Å². The van der Waals surface area contributed by atoms with Crippen LogP contribution in [0.1, 0.15) is 10.4 Å². The van der Waals surface area contributed by atoms with Crippen LogP contribution in [0.15, 0.2) is 66.3 Å². The van der Waals surface area contributed by atoms with E-state index in [4.69, 9.17) is 4.74 Å². The van der Waals surface area contributed by atoms with Crippen molar-refractivity contribution in [1.29, 1.82) is 0 Å². The molecule has 2 aromatic carbocycles. The van der Waals surface area contributed by atoms with Crippen LogP contribution in [0, 0.1) is 0 Å². The number of carboxylic acid groups (broad SMARTS) is 1. The van der Waals surface area contributed by atoms with E-state index in [0.29, 0.717) is 33.2 Å². The van der Waals surface area contributed by atoms with Crippen molar-refractivity contribution in [3.05, 3.63) is 71.9 Å². The predicted octanol–water partition coefficient (Wildman–Crippen LogP) is 4.83. The first-order valence-electron chi connectivity index (χ1n) is 8.46. The van der Waals surface area contributed by atoms with Crippen molar-refractivity contribution in [3.8, 4) is 11.5 Å². The topological polar surface area (TPSA) is 113 Å². The summed E-state index contributed by atoms with van der Waals surface area (Å²) in [7, 11) is 0. The highest BCUT2D eigenvalue weighted by Gasteiger charge is 2.13. The van der Waals surface area contributed by atoms with Crippen LogP contribution in [0.3, 0.4) is 0 Å². The predicted molar refractivity (Wildman–Crippen MR) is 110 cm³/mol. The number of ether oxygens (including phenoxy) is 1. The number of nitrogens with one attached hydrogen (secondary N) is 2. The van der Waals surface area contributed by atoms with Gasteiger partial charge in [0.2, 0.25) is 0 Å². The quantitative estimate of drug-likeness (QED) is 0.438. The summed E-state index contributed by atoms with van der Waals surface area (Å²) in [5.74, 6) is -0.217. The Morgan fingerprint density at radius 1 is 0.966 bits per heavy atom. The zero-order chi connectivity index (χ0) is 20.2. The zero-order valence-electron chi connectivity index (χ0n) is 14.8. The summed E-state index contributed by atoms with van der Waals surface area (Å²) in [5, 5.41) is 17.4. The Kier molecular flexibility index (Phi) is 5.04. The van der Waals surface area contributed by atoms with Gasteiger partial charge >= 0.3 is 12.0 Å². The van der Waals surface area contributed by atoms with Crippen molar-refractivity contribution >= 4 is 45.1 Å². The van der Waals surface area contributed by atoms with E-state index < -0.39 is 12.0 Å². The number of carbonyl (C=O) groups excluding carboxylic acids is 1. The molecule has 9 heteroatoms. The molecule has 144 valence electrons. The standard InChI is InChI=1S/C20H14N4O4S/c25-18(26)12-5-6-14-13(11-12)16(7-8-21-14)28-17-4-2-1-3-15(17)23-19(27)24-20-22-9-10-29-20/h1-11H,(H,25,26)(H2,22,23,24,27). The number of hydrogen-bond acceptors (Lipinski definition) is 6. The van der Waals surface area contributed by atoms with Crippen molar-refractivity contribution in [2.75, 3.05) is 10.6 Å². The molecule has 8 nitrogen and oxygen atoms in total. The third-order valence-corrected chi connectivity index (χ3v) is 4.64. The number of amides is 2. The molecular formula is C20H14N4O4S. The van der Waals surface area contributed by atoms with Gasteiger partial charge in [0.25, 0.3) is 0 Å². The maximum Gasteiger partial charge on any atom is 0.335 e. The SMILES string of the molecule is O=C(Nc1nccs1)Nc1ccccc1Oc1ccnc2ccc(C(=O)O)cc12. The number of urea groups is 1. The molecule has 0 radical (unpaired) electrons. The number of aromatic nitrogens is 2. The number of anilines is 2. The fourth-order valence-corrected chi connectivity index (χ4v) is 3.18. The van der Waals surface area contributed by atoms with E-state index in [1.807, 2.05) is 0 Å². The van der Waals surface area contributed by atoms with Crippen LogP contribution in [0.25, 0.3) is 10.9 Å². The lowest BCUT2D eigenvalue weighted by molar-refractivity contribution is 0.0697. The lowest BCUT2D eigenvalue weighted by Crippen LogP contribution is -2.19. The number of benzene rings is 2. The van der Waals surface area contributed by atoms with Gasteiger partial charge in [0, 0.05) is 23.2 Å². The van der Waals surface area contributed by atoms with Gasteiger partial charge in [-0.1, -0.05) is 12.1 Å². The molecule has 0 spiro atoms. The summed E-state index contributed by atoms with van der Waals surface area (Å²) in [6, 6.07) is 12.7. The molecular weight excluding hydrogens is 392 g/mol. The average molecular weight is 406 g/mol. The van der Waals surface area contributed by atoms with Crippen LogP contribution in [-0.4, -0.2) is 27.1 Å². The molecule has 0 aliphatic heterocycles. The number of hydrogen-bond donors (Lipinski definition) is 3. The summed E-state index contributed by atoms with van der Waals surface area (Å²) >= 11 is 1.30. The molecule has 0 fully saturated rings. The van der Waals surface area contributed by atoms with E-state index in [9.17, 15) is 14.7 Å². The van der Waals surface area contributed by atoms with Crippen molar-refractivity contribution in [3.63, 3.8) is 0 Å². The highest BCUT2D eigenvalue weighted by atomic mass is 32.1. The molecule has 29 heavy (non-hydrogen) atoms. The minimum absolute atomic E-state index is 0.129. The van der Waals surface area contributed by atoms with E-state index in [1.54, 1.807) is 54.2 Å². The second-order valence-corrected chi connectivity index (χ2v) is 6.76. The number of pyridine rings is 1. The number of carbonyl (C=O) groups is 2. The van der Waals surface area contributed by atoms with Crippen molar-refractivity contribution < 1.29 is 19.4 Å². The molecule has 2 heterocycles. The number of nitrogens with zero attached hydrogens (tertiary/aromatic N) is 2. The van der Waals surface area contributed by atoms with Gasteiger partial charge < -0.3 is 15.2 Å². The number of para-hydroxylation sites is 2. The molecule has 0 bridgehead atoms. The third-order valence-electron chi connectivity index (χ3n) is 3.96. The van der Waals surface area contributed by atoms with Gasteiger partial charge in [-0.25, -0.2) is 14.6 Å². The number of carboxylic acids is 1. The van der Waals surface area contributed by atoms with Gasteiger partial charge in [-0.3, -0.25) is 10.3 Å². The summed E-state index contributed by atoms with van der Waals surface area (Å²) in [4.78, 5) is 31.8. The highest BCUT2D eigenvalue weighted by molar-refractivity contribution is 7.13. The second kappa shape index (κ2) is 7.95. The maximum atomic E-state index is 12.2. The number of rotatable bonds is 5. The van der Waals surface area contributed by atoms with Gasteiger partial charge in [-0.05, 0) is 36.4 Å². The van der Waals surface area contributed by atoms with Crippen LogP contribution >= 0.6 is 11.3 Å². The maximum absolute atomic E-state index is 12.2. The lowest BCUT2D eigenvalue weighted by atomic mass is 10.1. The van der Waals surface area contributed by atoms with E-state index in [-0.39, 0.29) is 5.56 Å². The molecule has 0 aliphatic rings. The van der Waals surface area contributed by atoms with E-state index >= 15 is 0 Å². The van der Waals surface area contributed by atoms with Crippen LogP contribution in [-0.2, 0) is 0 Å². The third kappa shape index (κ3) is 4.14. The van der Waals surface area contributed by atoms with Gasteiger partial charge in [-0.15, -0.1) is 11.3 Å². The molecule has 2 amide bonds. The summed E-state index contributed by atoms with van der Waals surface area (Å²) in [6.07, 6.45) is 3.17. The van der Waals surface area contributed by atoms with E-state index in [0.717, 1.165) is 0 Å². The van der Waals surface area contributed by atoms with Crippen molar-refractivity contribution in [1.82, 2.24) is 9.97 Å². The molecule has 4 aromatic rings. The smallest absolute Gasteiger partial charge is 0.335 e. The molecule has 0 aliphatic carbocycles. The van der Waals surface area contributed by atoms with E-state index in [2.05, 4.69) is 20.6 Å². The molecule has 0 unspecified atom stereocenters. The van der Waals surface area contributed by atoms with Crippen LogP contribution in [0.4, 0.5) is 15.6 Å². The molecule has 3 N–H and O–H groups in total. The molecule has 0 saturated carbocycles. The monoisotopic (exact) mass is 406 g/mol. The minimum Gasteiger partial charge on any atom is -0.478 e. The first-order valence-corrected chi connectivity index (χ1v) is 9.34. The Morgan fingerprint density at radius 3 is 2.62 bits per heavy atom. The second-order valence-electron chi connectivity index (χ2n) is 5.86. The fraction of sp³-hybridized carbons (Fsp3) is 0. The summed E-state index contributed by atoms with van der Waals surface area (Å²) in [5.41, 5.74) is 1.17.